The Balaban J connectivity index is 2.77. The van der Waals surface area contributed by atoms with E-state index < -0.39 is 0 Å². The number of ether oxygens (including phenoxy) is 1. The van der Waals surface area contributed by atoms with Crippen LogP contribution in [0.1, 0.15) is 31.2 Å². The summed E-state index contributed by atoms with van der Waals surface area (Å²) >= 11 is 0. The predicted octanol–water partition coefficient (Wildman–Crippen LogP) is 2.11. The highest BCUT2D eigenvalue weighted by molar-refractivity contribution is 5.30. The van der Waals surface area contributed by atoms with E-state index in [0.717, 1.165) is 18.6 Å². The summed E-state index contributed by atoms with van der Waals surface area (Å²) in [6.45, 7) is 3.53. The zero-order chi connectivity index (χ0) is 12.7. The van der Waals surface area contributed by atoms with Crippen LogP contribution in [0.15, 0.2) is 24.3 Å². The van der Waals surface area contributed by atoms with Crippen molar-refractivity contribution in [3.05, 3.63) is 29.8 Å². The van der Waals surface area contributed by atoms with Gasteiger partial charge in [0.05, 0.1) is 7.11 Å². The van der Waals surface area contributed by atoms with Crippen LogP contribution in [-0.4, -0.2) is 20.2 Å². The molecule has 96 valence electrons. The average molecular weight is 236 g/mol. The van der Waals surface area contributed by atoms with Crippen molar-refractivity contribution < 1.29 is 4.74 Å². The highest BCUT2D eigenvalue weighted by Gasteiger charge is 2.15. The summed E-state index contributed by atoms with van der Waals surface area (Å²) in [6, 6.07) is 8.27. The Kier molecular flexibility index (Phi) is 6.01. The molecule has 1 rings (SSSR count). The van der Waals surface area contributed by atoms with Crippen LogP contribution in [0.25, 0.3) is 0 Å². The Morgan fingerprint density at radius 2 is 1.94 bits per heavy atom. The summed E-state index contributed by atoms with van der Waals surface area (Å²) in [5.74, 6) is 1.84. The van der Waals surface area contributed by atoms with Crippen LogP contribution in [0.3, 0.4) is 0 Å². The van der Waals surface area contributed by atoms with Crippen molar-refractivity contribution in [2.45, 2.75) is 25.7 Å². The number of hydrogen-bond donors (Lipinski definition) is 2. The van der Waals surface area contributed by atoms with E-state index in [-0.39, 0.29) is 0 Å². The van der Waals surface area contributed by atoms with Gasteiger partial charge in [-0.1, -0.05) is 19.1 Å². The molecule has 0 amide bonds. The lowest BCUT2D eigenvalue weighted by Gasteiger charge is -2.21. The van der Waals surface area contributed by atoms with Gasteiger partial charge in [-0.3, -0.25) is 0 Å². The molecule has 1 aromatic carbocycles. The minimum absolute atomic E-state index is 0.408. The highest BCUT2D eigenvalue weighted by atomic mass is 16.5. The third kappa shape index (κ3) is 4.02. The number of benzene rings is 1. The summed E-state index contributed by atoms with van der Waals surface area (Å²) in [5.41, 5.74) is 12.7. The molecule has 3 heteroatoms. The van der Waals surface area contributed by atoms with Gasteiger partial charge in [0.2, 0.25) is 0 Å². The second kappa shape index (κ2) is 7.30. The molecule has 0 saturated carbocycles. The summed E-state index contributed by atoms with van der Waals surface area (Å²) in [4.78, 5) is 0. The molecule has 0 bridgehead atoms. The molecule has 0 fully saturated rings. The monoisotopic (exact) mass is 236 g/mol. The van der Waals surface area contributed by atoms with E-state index in [0.29, 0.717) is 24.9 Å². The lowest BCUT2D eigenvalue weighted by molar-refractivity contribution is 0.410. The molecule has 0 aliphatic carbocycles. The third-order valence-corrected chi connectivity index (χ3v) is 3.34. The Morgan fingerprint density at radius 3 is 2.47 bits per heavy atom. The minimum Gasteiger partial charge on any atom is -0.497 e. The van der Waals surface area contributed by atoms with Crippen molar-refractivity contribution in [1.29, 1.82) is 0 Å². The molecule has 0 aliphatic heterocycles. The maximum absolute atomic E-state index is 5.72. The first kappa shape index (κ1) is 14.0. The fraction of sp³-hybridized carbons (Fsp3) is 0.571. The van der Waals surface area contributed by atoms with Crippen LogP contribution in [-0.2, 0) is 0 Å². The van der Waals surface area contributed by atoms with Crippen LogP contribution >= 0.6 is 0 Å². The van der Waals surface area contributed by atoms with Crippen LogP contribution in [0.5, 0.6) is 5.75 Å². The largest absolute Gasteiger partial charge is 0.497 e. The average Bonchev–Trinajstić information content (AvgIpc) is 2.40. The fourth-order valence-electron chi connectivity index (χ4n) is 2.12. The van der Waals surface area contributed by atoms with Crippen molar-refractivity contribution in [3.63, 3.8) is 0 Å². The fourth-order valence-corrected chi connectivity index (χ4v) is 2.12. The first-order valence-corrected chi connectivity index (χ1v) is 6.29. The van der Waals surface area contributed by atoms with E-state index in [1.165, 1.54) is 5.56 Å². The van der Waals surface area contributed by atoms with Gasteiger partial charge in [0, 0.05) is 0 Å². The molecule has 0 heterocycles. The van der Waals surface area contributed by atoms with Crippen molar-refractivity contribution in [2.24, 2.45) is 17.4 Å². The molecule has 17 heavy (non-hydrogen) atoms. The van der Waals surface area contributed by atoms with Gasteiger partial charge < -0.3 is 16.2 Å². The van der Waals surface area contributed by atoms with Gasteiger partial charge in [-0.2, -0.15) is 0 Å². The predicted molar refractivity (Wildman–Crippen MR) is 72.2 cm³/mol. The van der Waals surface area contributed by atoms with Crippen LogP contribution < -0.4 is 16.2 Å². The van der Waals surface area contributed by atoms with Gasteiger partial charge in [0.25, 0.3) is 0 Å². The molecule has 0 spiro atoms. The third-order valence-electron chi connectivity index (χ3n) is 3.34. The molecular weight excluding hydrogens is 212 g/mol. The summed E-state index contributed by atoms with van der Waals surface area (Å²) in [7, 11) is 1.70. The van der Waals surface area contributed by atoms with Gasteiger partial charge >= 0.3 is 0 Å². The van der Waals surface area contributed by atoms with Gasteiger partial charge in [0.1, 0.15) is 5.75 Å². The highest BCUT2D eigenvalue weighted by Crippen LogP contribution is 2.28. The molecule has 4 N–H and O–H groups in total. The normalized spacial score (nSPS) is 12.8. The molecule has 0 aliphatic rings. The zero-order valence-corrected chi connectivity index (χ0v) is 10.9. The summed E-state index contributed by atoms with van der Waals surface area (Å²) in [5, 5.41) is 0. The molecule has 0 aromatic heterocycles. The van der Waals surface area contributed by atoms with Crippen LogP contribution in [0.2, 0.25) is 0 Å². The number of rotatable bonds is 7. The van der Waals surface area contributed by atoms with Crippen molar-refractivity contribution in [3.8, 4) is 5.75 Å². The van der Waals surface area contributed by atoms with E-state index in [4.69, 9.17) is 16.2 Å². The number of hydrogen-bond acceptors (Lipinski definition) is 3. The van der Waals surface area contributed by atoms with E-state index >= 15 is 0 Å². The van der Waals surface area contributed by atoms with Crippen LogP contribution in [0.4, 0.5) is 0 Å². The van der Waals surface area contributed by atoms with Crippen LogP contribution in [0, 0.1) is 5.92 Å². The van der Waals surface area contributed by atoms with E-state index in [1.54, 1.807) is 7.11 Å². The second-order valence-electron chi connectivity index (χ2n) is 4.45. The first-order chi connectivity index (χ1) is 8.24. The standard InChI is InChI=1S/C14H24N2O/c1-3-12(7-11(9-15)10-16)13-5-4-6-14(8-13)17-2/h4-6,8,11-12H,3,7,9-10,15-16H2,1-2H3. The summed E-state index contributed by atoms with van der Waals surface area (Å²) < 4.78 is 5.26. The molecule has 0 radical (unpaired) electrons. The topological polar surface area (TPSA) is 61.3 Å². The Bertz CT molecular complexity index is 324. The maximum Gasteiger partial charge on any atom is 0.119 e. The maximum atomic E-state index is 5.72. The lowest BCUT2D eigenvalue weighted by Crippen LogP contribution is -2.25. The second-order valence-corrected chi connectivity index (χ2v) is 4.45. The number of methoxy groups -OCH3 is 1. The zero-order valence-electron chi connectivity index (χ0n) is 10.9. The van der Waals surface area contributed by atoms with Gasteiger partial charge in [0.15, 0.2) is 0 Å². The molecule has 1 unspecified atom stereocenters. The Labute approximate surface area is 104 Å². The Morgan fingerprint density at radius 1 is 1.24 bits per heavy atom. The van der Waals surface area contributed by atoms with Gasteiger partial charge in [-0.15, -0.1) is 0 Å². The smallest absolute Gasteiger partial charge is 0.119 e. The first-order valence-electron chi connectivity index (χ1n) is 6.29. The molecule has 1 atom stereocenters. The molecule has 1 aromatic rings. The lowest BCUT2D eigenvalue weighted by atomic mass is 9.87. The number of nitrogens with two attached hydrogens (primary N) is 2. The van der Waals surface area contributed by atoms with Gasteiger partial charge in [-0.05, 0) is 55.5 Å². The van der Waals surface area contributed by atoms with E-state index in [2.05, 4.69) is 19.1 Å². The molecule has 0 saturated heterocycles. The SMILES string of the molecule is CCC(CC(CN)CN)c1cccc(OC)c1. The van der Waals surface area contributed by atoms with E-state index in [9.17, 15) is 0 Å². The molecule has 3 nitrogen and oxygen atoms in total. The Hall–Kier alpha value is -1.06. The van der Waals surface area contributed by atoms with Crippen molar-refractivity contribution in [2.75, 3.05) is 20.2 Å². The quantitative estimate of drug-likeness (QED) is 0.762. The molecular formula is C14H24N2O. The van der Waals surface area contributed by atoms with E-state index in [1.807, 2.05) is 12.1 Å². The minimum atomic E-state index is 0.408. The van der Waals surface area contributed by atoms with Crippen molar-refractivity contribution in [1.82, 2.24) is 0 Å². The van der Waals surface area contributed by atoms with Gasteiger partial charge in [-0.25, -0.2) is 0 Å². The summed E-state index contributed by atoms with van der Waals surface area (Å²) in [6.07, 6.45) is 2.15. The van der Waals surface area contributed by atoms with Crippen molar-refractivity contribution >= 4 is 0 Å².